The second kappa shape index (κ2) is 6.11. The lowest BCUT2D eigenvalue weighted by molar-refractivity contribution is 0.276. The molecule has 22 heavy (non-hydrogen) atoms. The number of benzene rings is 1. The van der Waals surface area contributed by atoms with Crippen LogP contribution < -0.4 is 5.32 Å². The minimum atomic E-state index is -0.233. The van der Waals surface area contributed by atoms with Gasteiger partial charge in [0.2, 0.25) is 0 Å². The van der Waals surface area contributed by atoms with Crippen LogP contribution in [0, 0.1) is 0 Å². The van der Waals surface area contributed by atoms with E-state index in [1.807, 2.05) is 34.9 Å². The van der Waals surface area contributed by atoms with Crippen molar-refractivity contribution in [2.45, 2.75) is 25.9 Å². The summed E-state index contributed by atoms with van der Waals surface area (Å²) in [7, 11) is 0. The maximum atomic E-state index is 9.67. The van der Waals surface area contributed by atoms with E-state index < -0.39 is 0 Å². The maximum Gasteiger partial charge on any atom is 0.165 e. The zero-order valence-corrected chi connectivity index (χ0v) is 12.6. The molecular weight excluding hydrogens is 278 g/mol. The molecule has 0 saturated carbocycles. The minimum absolute atomic E-state index is 0.0274. The Kier molecular flexibility index (Phi) is 4.02. The van der Waals surface area contributed by atoms with Gasteiger partial charge in [-0.3, -0.25) is 0 Å². The van der Waals surface area contributed by atoms with Gasteiger partial charge in [0.25, 0.3) is 0 Å². The van der Waals surface area contributed by atoms with E-state index in [-0.39, 0.29) is 18.7 Å². The molecule has 114 valence electrons. The van der Waals surface area contributed by atoms with Gasteiger partial charge in [0.1, 0.15) is 11.8 Å². The monoisotopic (exact) mass is 297 g/mol. The van der Waals surface area contributed by atoms with Gasteiger partial charge >= 0.3 is 0 Å². The van der Waals surface area contributed by atoms with Gasteiger partial charge in [-0.15, -0.1) is 0 Å². The first-order valence-electron chi connectivity index (χ1n) is 7.30. The van der Waals surface area contributed by atoms with E-state index in [1.54, 1.807) is 6.33 Å². The molecule has 1 unspecified atom stereocenters. The van der Waals surface area contributed by atoms with Crippen molar-refractivity contribution in [3.63, 3.8) is 0 Å². The van der Waals surface area contributed by atoms with E-state index in [2.05, 4.69) is 34.1 Å². The summed E-state index contributed by atoms with van der Waals surface area (Å²) in [6, 6.07) is 9.83. The van der Waals surface area contributed by atoms with Crippen molar-refractivity contribution in [2.75, 3.05) is 11.9 Å². The summed E-state index contributed by atoms with van der Waals surface area (Å²) in [5.41, 5.74) is 2.50. The normalized spacial score (nSPS) is 12.7. The van der Waals surface area contributed by atoms with Gasteiger partial charge in [0, 0.05) is 6.04 Å². The van der Waals surface area contributed by atoms with Crippen LogP contribution in [0.3, 0.4) is 0 Å². The Morgan fingerprint density at radius 1 is 1.14 bits per heavy atom. The fraction of sp³-hybridized carbons (Fsp3) is 0.312. The number of hydrogen-bond donors (Lipinski definition) is 2. The largest absolute Gasteiger partial charge is 0.394 e. The molecule has 1 atom stereocenters. The molecule has 2 aromatic heterocycles. The lowest BCUT2D eigenvalue weighted by Gasteiger charge is -2.17. The predicted molar refractivity (Wildman–Crippen MR) is 85.6 cm³/mol. The molecule has 0 fully saturated rings. The van der Waals surface area contributed by atoms with Crippen LogP contribution in [0.4, 0.5) is 5.82 Å². The lowest BCUT2D eigenvalue weighted by atomic mass is 10.1. The summed E-state index contributed by atoms with van der Waals surface area (Å²) in [5, 5.41) is 12.9. The standard InChI is InChI=1S/C16H19N5O/c1-11(2)21-10-19-14-15(17-9-18-16(14)21)20-13(8-22)12-6-4-3-5-7-12/h3-7,9-11,13,22H,8H2,1-2H3,(H,17,18,20). The third-order valence-electron chi connectivity index (χ3n) is 3.61. The van der Waals surface area contributed by atoms with E-state index in [0.29, 0.717) is 11.3 Å². The molecule has 6 nitrogen and oxygen atoms in total. The summed E-state index contributed by atoms with van der Waals surface area (Å²) in [6.07, 6.45) is 3.29. The molecule has 0 saturated heterocycles. The van der Waals surface area contributed by atoms with Crippen molar-refractivity contribution in [3.05, 3.63) is 48.5 Å². The third kappa shape index (κ3) is 2.65. The Labute approximate surface area is 128 Å². The first kappa shape index (κ1) is 14.5. The van der Waals surface area contributed by atoms with Gasteiger partial charge in [0.15, 0.2) is 11.5 Å². The van der Waals surface area contributed by atoms with Gasteiger partial charge in [-0.1, -0.05) is 30.3 Å². The van der Waals surface area contributed by atoms with E-state index in [4.69, 9.17) is 0 Å². The maximum absolute atomic E-state index is 9.67. The smallest absolute Gasteiger partial charge is 0.165 e. The average molecular weight is 297 g/mol. The van der Waals surface area contributed by atoms with Crippen molar-refractivity contribution >= 4 is 17.0 Å². The number of nitrogens with one attached hydrogen (secondary N) is 1. The second-order valence-corrected chi connectivity index (χ2v) is 5.43. The highest BCUT2D eigenvalue weighted by Crippen LogP contribution is 2.24. The molecule has 0 amide bonds. The first-order valence-corrected chi connectivity index (χ1v) is 7.30. The van der Waals surface area contributed by atoms with Crippen LogP contribution in [0.1, 0.15) is 31.5 Å². The van der Waals surface area contributed by atoms with Crippen LogP contribution in [0.15, 0.2) is 43.0 Å². The summed E-state index contributed by atoms with van der Waals surface area (Å²) < 4.78 is 2.00. The minimum Gasteiger partial charge on any atom is -0.394 e. The fourth-order valence-electron chi connectivity index (χ4n) is 2.42. The number of aliphatic hydroxyl groups excluding tert-OH is 1. The molecule has 0 aliphatic rings. The molecular formula is C16H19N5O. The number of rotatable bonds is 5. The molecule has 0 radical (unpaired) electrons. The molecule has 3 aromatic rings. The Morgan fingerprint density at radius 3 is 2.59 bits per heavy atom. The molecule has 3 rings (SSSR count). The van der Waals surface area contributed by atoms with E-state index >= 15 is 0 Å². The summed E-state index contributed by atoms with van der Waals surface area (Å²) in [5.74, 6) is 0.632. The second-order valence-electron chi connectivity index (χ2n) is 5.43. The molecule has 0 aliphatic heterocycles. The highest BCUT2D eigenvalue weighted by Gasteiger charge is 2.16. The van der Waals surface area contributed by atoms with Crippen molar-refractivity contribution in [3.8, 4) is 0 Å². The molecule has 0 bridgehead atoms. The van der Waals surface area contributed by atoms with Crippen molar-refractivity contribution in [1.29, 1.82) is 0 Å². The van der Waals surface area contributed by atoms with Crippen molar-refractivity contribution in [1.82, 2.24) is 19.5 Å². The third-order valence-corrected chi connectivity index (χ3v) is 3.61. The topological polar surface area (TPSA) is 75.9 Å². The van der Waals surface area contributed by atoms with Crippen molar-refractivity contribution < 1.29 is 5.11 Å². The number of nitrogens with zero attached hydrogens (tertiary/aromatic N) is 4. The summed E-state index contributed by atoms with van der Waals surface area (Å²) >= 11 is 0. The van der Waals surface area contributed by atoms with E-state index in [1.165, 1.54) is 6.33 Å². The van der Waals surface area contributed by atoms with E-state index in [0.717, 1.165) is 11.2 Å². The Hall–Kier alpha value is -2.47. The molecule has 6 heteroatoms. The number of imidazole rings is 1. The van der Waals surface area contributed by atoms with Crippen LogP contribution in [0.5, 0.6) is 0 Å². The summed E-state index contributed by atoms with van der Waals surface area (Å²) in [4.78, 5) is 13.0. The molecule has 2 heterocycles. The zero-order valence-electron chi connectivity index (χ0n) is 12.6. The van der Waals surface area contributed by atoms with Gasteiger partial charge in [0.05, 0.1) is 19.0 Å². The van der Waals surface area contributed by atoms with Gasteiger partial charge in [-0.05, 0) is 19.4 Å². The van der Waals surface area contributed by atoms with Gasteiger partial charge in [-0.25, -0.2) is 15.0 Å². The molecule has 0 aliphatic carbocycles. The van der Waals surface area contributed by atoms with Gasteiger partial charge < -0.3 is 15.0 Å². The van der Waals surface area contributed by atoms with Gasteiger partial charge in [-0.2, -0.15) is 0 Å². The van der Waals surface area contributed by atoms with Crippen molar-refractivity contribution in [2.24, 2.45) is 0 Å². The summed E-state index contributed by atoms with van der Waals surface area (Å²) in [6.45, 7) is 4.13. The highest BCUT2D eigenvalue weighted by molar-refractivity contribution is 5.82. The Morgan fingerprint density at radius 2 is 1.91 bits per heavy atom. The molecule has 1 aromatic carbocycles. The van der Waals surface area contributed by atoms with Crippen LogP contribution in [-0.2, 0) is 0 Å². The quantitative estimate of drug-likeness (QED) is 0.757. The Balaban J connectivity index is 1.96. The predicted octanol–water partition coefficient (Wildman–Crippen LogP) is 2.55. The first-order chi connectivity index (χ1) is 10.7. The number of fused-ring (bicyclic) bond motifs is 1. The van der Waals surface area contributed by atoms with Crippen LogP contribution in [0.25, 0.3) is 11.2 Å². The van der Waals surface area contributed by atoms with Crippen LogP contribution in [-0.4, -0.2) is 31.2 Å². The zero-order chi connectivity index (χ0) is 15.5. The average Bonchev–Trinajstić information content (AvgIpc) is 2.98. The lowest BCUT2D eigenvalue weighted by Crippen LogP contribution is -2.16. The van der Waals surface area contributed by atoms with Crippen LogP contribution in [0.2, 0.25) is 0 Å². The number of aromatic nitrogens is 4. The number of hydrogen-bond acceptors (Lipinski definition) is 5. The van der Waals surface area contributed by atoms with E-state index in [9.17, 15) is 5.11 Å². The van der Waals surface area contributed by atoms with Crippen LogP contribution >= 0.6 is 0 Å². The number of anilines is 1. The number of aliphatic hydroxyl groups is 1. The molecule has 2 N–H and O–H groups in total. The Bertz CT molecular complexity index is 754. The molecule has 0 spiro atoms. The highest BCUT2D eigenvalue weighted by atomic mass is 16.3. The SMILES string of the molecule is CC(C)n1cnc2c(NC(CO)c3ccccc3)ncnc21. The fourth-order valence-corrected chi connectivity index (χ4v) is 2.42.